The first-order valence-corrected chi connectivity index (χ1v) is 7.53. The Balaban J connectivity index is 3.01. The fourth-order valence-electron chi connectivity index (χ4n) is 2.28. The molecule has 5 nitrogen and oxygen atoms in total. The van der Waals surface area contributed by atoms with Gasteiger partial charge in [-0.2, -0.15) is 5.10 Å². The predicted octanol–water partition coefficient (Wildman–Crippen LogP) is 2.65. The summed E-state index contributed by atoms with van der Waals surface area (Å²) in [7, 11) is 3.42. The summed E-state index contributed by atoms with van der Waals surface area (Å²) in [4.78, 5) is 0. The molecule has 2 atom stereocenters. The van der Waals surface area contributed by atoms with Crippen LogP contribution < -0.4 is 5.32 Å². The Morgan fingerprint density at radius 3 is 2.70 bits per heavy atom. The van der Waals surface area contributed by atoms with Crippen LogP contribution in [0.1, 0.15) is 38.4 Å². The van der Waals surface area contributed by atoms with E-state index in [0.717, 1.165) is 25.1 Å². The first-order valence-electron chi connectivity index (χ1n) is 7.15. The van der Waals surface area contributed by atoms with Crippen LogP contribution in [0.25, 0.3) is 0 Å². The summed E-state index contributed by atoms with van der Waals surface area (Å²) in [6.07, 6.45) is 3.72. The Hall–Kier alpha value is -0.620. The molecule has 0 amide bonds. The fraction of sp³-hybridized carbons (Fsp3) is 0.786. The van der Waals surface area contributed by atoms with Gasteiger partial charge >= 0.3 is 0 Å². The minimum atomic E-state index is 0.0387. The van der Waals surface area contributed by atoms with Crippen LogP contribution in [0.2, 0.25) is 5.02 Å². The molecule has 0 fully saturated rings. The van der Waals surface area contributed by atoms with Gasteiger partial charge in [0.2, 0.25) is 0 Å². The molecule has 0 spiro atoms. The number of hydrogen-bond donors (Lipinski definition) is 1. The van der Waals surface area contributed by atoms with E-state index in [-0.39, 0.29) is 12.1 Å². The zero-order valence-corrected chi connectivity index (χ0v) is 13.6. The van der Waals surface area contributed by atoms with Gasteiger partial charge in [0.15, 0.2) is 0 Å². The number of hydrogen-bond acceptors (Lipinski definition) is 4. The average Bonchev–Trinajstić information content (AvgIpc) is 2.82. The molecule has 1 rings (SSSR count). The van der Waals surface area contributed by atoms with Crippen molar-refractivity contribution in [1.29, 1.82) is 0 Å². The lowest BCUT2D eigenvalue weighted by Gasteiger charge is -2.27. The Labute approximate surface area is 126 Å². The molecule has 1 heterocycles. The maximum atomic E-state index is 6.34. The first-order chi connectivity index (χ1) is 9.69. The summed E-state index contributed by atoms with van der Waals surface area (Å²) in [5.41, 5.74) is 0.978. The third-order valence-electron chi connectivity index (χ3n) is 3.33. The predicted molar refractivity (Wildman–Crippen MR) is 81.2 cm³/mol. The number of aromatic nitrogens is 2. The third-order valence-corrected chi connectivity index (χ3v) is 3.62. The van der Waals surface area contributed by atoms with E-state index < -0.39 is 0 Å². The van der Waals surface area contributed by atoms with E-state index in [2.05, 4.69) is 24.3 Å². The van der Waals surface area contributed by atoms with E-state index in [1.54, 1.807) is 20.4 Å². The van der Waals surface area contributed by atoms with Crippen LogP contribution in [-0.4, -0.2) is 43.3 Å². The lowest BCUT2D eigenvalue weighted by atomic mass is 10.0. The van der Waals surface area contributed by atoms with E-state index in [0.29, 0.717) is 18.2 Å². The van der Waals surface area contributed by atoms with Crippen molar-refractivity contribution < 1.29 is 9.47 Å². The van der Waals surface area contributed by atoms with Crippen molar-refractivity contribution >= 4 is 11.6 Å². The van der Waals surface area contributed by atoms with Crippen LogP contribution in [0.15, 0.2) is 6.20 Å². The van der Waals surface area contributed by atoms with Gasteiger partial charge in [-0.05, 0) is 19.4 Å². The summed E-state index contributed by atoms with van der Waals surface area (Å²) in [6.45, 7) is 6.45. The van der Waals surface area contributed by atoms with Crippen molar-refractivity contribution in [2.45, 2.75) is 45.4 Å². The summed E-state index contributed by atoms with van der Waals surface area (Å²) in [6, 6.07) is 0.0387. The lowest BCUT2D eigenvalue weighted by molar-refractivity contribution is 0.0615. The van der Waals surface area contributed by atoms with Crippen LogP contribution in [-0.2, 0) is 16.0 Å². The van der Waals surface area contributed by atoms with E-state index in [9.17, 15) is 0 Å². The Morgan fingerprint density at radius 1 is 1.40 bits per heavy atom. The van der Waals surface area contributed by atoms with Crippen LogP contribution in [0.5, 0.6) is 0 Å². The molecule has 6 heteroatoms. The van der Waals surface area contributed by atoms with Crippen molar-refractivity contribution in [2.75, 3.05) is 27.4 Å². The molecule has 0 radical (unpaired) electrons. The molecule has 0 aliphatic carbocycles. The van der Waals surface area contributed by atoms with Gasteiger partial charge in [-0.1, -0.05) is 25.4 Å². The molecule has 0 aliphatic rings. The average molecular weight is 304 g/mol. The molecule has 0 saturated heterocycles. The van der Waals surface area contributed by atoms with Gasteiger partial charge in [0.25, 0.3) is 0 Å². The first kappa shape index (κ1) is 17.4. The minimum Gasteiger partial charge on any atom is -0.383 e. The molecule has 0 aromatic carbocycles. The third kappa shape index (κ3) is 4.45. The van der Waals surface area contributed by atoms with E-state index >= 15 is 0 Å². The van der Waals surface area contributed by atoms with Crippen molar-refractivity contribution in [3.63, 3.8) is 0 Å². The Bertz CT molecular complexity index is 380. The highest BCUT2D eigenvalue weighted by Crippen LogP contribution is 2.28. The number of rotatable bonds is 10. The van der Waals surface area contributed by atoms with Gasteiger partial charge in [-0.15, -0.1) is 0 Å². The summed E-state index contributed by atoms with van der Waals surface area (Å²) in [5, 5.41) is 8.53. The largest absolute Gasteiger partial charge is 0.383 e. The van der Waals surface area contributed by atoms with E-state index in [1.807, 2.05) is 4.68 Å². The van der Waals surface area contributed by atoms with Crippen LogP contribution in [0.4, 0.5) is 0 Å². The van der Waals surface area contributed by atoms with Gasteiger partial charge in [0, 0.05) is 14.2 Å². The molecule has 1 aromatic heterocycles. The van der Waals surface area contributed by atoms with E-state index in [4.69, 9.17) is 21.1 Å². The molecule has 2 unspecified atom stereocenters. The molecule has 1 aromatic rings. The summed E-state index contributed by atoms with van der Waals surface area (Å²) in [5.74, 6) is 0. The molecular weight excluding hydrogens is 278 g/mol. The van der Waals surface area contributed by atoms with Crippen LogP contribution in [0.3, 0.4) is 0 Å². The van der Waals surface area contributed by atoms with Crippen LogP contribution >= 0.6 is 11.6 Å². The number of methoxy groups -OCH3 is 2. The molecule has 1 N–H and O–H groups in total. The monoisotopic (exact) mass is 303 g/mol. The number of nitrogens with one attached hydrogen (secondary N) is 1. The van der Waals surface area contributed by atoms with Gasteiger partial charge < -0.3 is 14.8 Å². The van der Waals surface area contributed by atoms with Crippen molar-refractivity contribution in [3.05, 3.63) is 16.9 Å². The van der Waals surface area contributed by atoms with Gasteiger partial charge in [-0.3, -0.25) is 4.68 Å². The van der Waals surface area contributed by atoms with Gasteiger partial charge in [0.1, 0.15) is 0 Å². The quantitative estimate of drug-likeness (QED) is 0.722. The topological polar surface area (TPSA) is 48.3 Å². The molecule has 0 saturated carbocycles. The number of halogens is 1. The number of nitrogens with zero attached hydrogens (tertiary/aromatic N) is 2. The second-order valence-corrected chi connectivity index (χ2v) is 5.12. The zero-order valence-electron chi connectivity index (χ0n) is 12.9. The van der Waals surface area contributed by atoms with E-state index in [1.165, 1.54) is 0 Å². The maximum Gasteiger partial charge on any atom is 0.0835 e. The molecule has 116 valence electrons. The van der Waals surface area contributed by atoms with Gasteiger partial charge in [0.05, 0.1) is 42.2 Å². The highest BCUT2D eigenvalue weighted by molar-refractivity contribution is 6.31. The number of ether oxygens (including phenoxy) is 2. The molecular formula is C14H26ClN3O2. The fourth-order valence-corrected chi connectivity index (χ4v) is 2.54. The molecule has 0 bridgehead atoms. The highest BCUT2D eigenvalue weighted by Gasteiger charge is 2.27. The van der Waals surface area contributed by atoms with Crippen molar-refractivity contribution in [1.82, 2.24) is 15.1 Å². The maximum absolute atomic E-state index is 6.34. The second-order valence-electron chi connectivity index (χ2n) is 4.71. The zero-order chi connectivity index (χ0) is 15.0. The smallest absolute Gasteiger partial charge is 0.0835 e. The second kappa shape index (κ2) is 9.34. The highest BCUT2D eigenvalue weighted by atomic mass is 35.5. The van der Waals surface area contributed by atoms with Gasteiger partial charge in [-0.25, -0.2) is 0 Å². The van der Waals surface area contributed by atoms with Crippen molar-refractivity contribution in [2.24, 2.45) is 0 Å². The van der Waals surface area contributed by atoms with Crippen molar-refractivity contribution in [3.8, 4) is 0 Å². The summed E-state index contributed by atoms with van der Waals surface area (Å²) < 4.78 is 12.6. The standard InChI is InChI=1S/C14H26ClN3O2/c1-5-7-16-13(12(6-2)20-4)14-11(15)10-17-18(14)8-9-19-3/h10,12-13,16H,5-9H2,1-4H3. The Morgan fingerprint density at radius 2 is 2.15 bits per heavy atom. The lowest BCUT2D eigenvalue weighted by Crippen LogP contribution is -2.35. The minimum absolute atomic E-state index is 0.0387. The summed E-state index contributed by atoms with van der Waals surface area (Å²) >= 11 is 6.34. The van der Waals surface area contributed by atoms with Crippen LogP contribution in [0, 0.1) is 0 Å². The normalized spacial score (nSPS) is 14.4. The SMILES string of the molecule is CCCNC(c1c(Cl)cnn1CCOC)C(CC)OC. The molecule has 0 aliphatic heterocycles. The molecule has 20 heavy (non-hydrogen) atoms. The Kier molecular flexibility index (Phi) is 8.14.